The molecule has 0 N–H and O–H groups in total. The maximum atomic E-state index is 12.7. The summed E-state index contributed by atoms with van der Waals surface area (Å²) in [6, 6.07) is -0.358. The van der Waals surface area contributed by atoms with Crippen molar-refractivity contribution in [3.8, 4) is 0 Å². The Balaban J connectivity index is 2.10. The molecule has 0 aliphatic carbocycles. The Labute approximate surface area is 126 Å². The summed E-state index contributed by atoms with van der Waals surface area (Å²) in [5, 5.41) is 0. The molecule has 6 nitrogen and oxygen atoms in total. The van der Waals surface area contributed by atoms with Gasteiger partial charge in [0.05, 0.1) is 6.54 Å². The molecule has 2 rings (SSSR count). The number of nitrogens with zero attached hydrogens (tertiary/aromatic N) is 3. The van der Waals surface area contributed by atoms with Crippen molar-refractivity contribution >= 4 is 17.7 Å². The van der Waals surface area contributed by atoms with E-state index < -0.39 is 0 Å². The van der Waals surface area contributed by atoms with Crippen LogP contribution in [0.25, 0.3) is 0 Å². The van der Waals surface area contributed by atoms with E-state index in [1.54, 1.807) is 21.7 Å². The Morgan fingerprint density at radius 2 is 2.00 bits per heavy atom. The lowest BCUT2D eigenvalue weighted by Crippen LogP contribution is -2.60. The van der Waals surface area contributed by atoms with Gasteiger partial charge in [-0.3, -0.25) is 14.4 Å². The number of hydrogen-bond donors (Lipinski definition) is 0. The van der Waals surface area contributed by atoms with E-state index >= 15 is 0 Å². The molecule has 2 saturated heterocycles. The summed E-state index contributed by atoms with van der Waals surface area (Å²) in [5.74, 6) is -0.0716. The molecule has 0 saturated carbocycles. The van der Waals surface area contributed by atoms with Crippen molar-refractivity contribution < 1.29 is 14.4 Å². The maximum absolute atomic E-state index is 12.7. The number of carbonyl (C=O) groups is 3. The second kappa shape index (κ2) is 6.45. The van der Waals surface area contributed by atoms with Crippen molar-refractivity contribution in [3.63, 3.8) is 0 Å². The van der Waals surface area contributed by atoms with Gasteiger partial charge in [-0.25, -0.2) is 0 Å². The van der Waals surface area contributed by atoms with Gasteiger partial charge in [0.15, 0.2) is 0 Å². The van der Waals surface area contributed by atoms with Crippen LogP contribution < -0.4 is 0 Å². The van der Waals surface area contributed by atoms with Crippen LogP contribution in [0.5, 0.6) is 0 Å². The van der Waals surface area contributed by atoms with Crippen molar-refractivity contribution in [1.82, 2.24) is 14.7 Å². The molecule has 2 aliphatic rings. The minimum absolute atomic E-state index is 0.0223. The first-order chi connectivity index (χ1) is 9.95. The molecule has 0 unspecified atom stereocenters. The zero-order valence-corrected chi connectivity index (χ0v) is 13.2. The summed E-state index contributed by atoms with van der Waals surface area (Å²) in [4.78, 5) is 41.7. The molecule has 2 atom stereocenters. The van der Waals surface area contributed by atoms with E-state index in [0.717, 1.165) is 12.8 Å². The summed E-state index contributed by atoms with van der Waals surface area (Å²) in [6.07, 6.45) is 3.04. The maximum Gasteiger partial charge on any atom is 0.245 e. The molecule has 118 valence electrons. The highest BCUT2D eigenvalue weighted by molar-refractivity contribution is 5.91. The number of likely N-dealkylation sites (tertiary alicyclic amines) is 1. The van der Waals surface area contributed by atoms with Crippen LogP contribution in [-0.2, 0) is 14.4 Å². The van der Waals surface area contributed by atoms with Gasteiger partial charge in [0.1, 0.15) is 6.04 Å². The van der Waals surface area contributed by atoms with Crippen LogP contribution in [0.2, 0.25) is 0 Å². The van der Waals surface area contributed by atoms with Crippen molar-refractivity contribution in [3.05, 3.63) is 0 Å². The molecule has 3 amide bonds. The Morgan fingerprint density at radius 1 is 1.29 bits per heavy atom. The summed E-state index contributed by atoms with van der Waals surface area (Å²) in [7, 11) is 1.77. The first kappa shape index (κ1) is 15.8. The van der Waals surface area contributed by atoms with Crippen LogP contribution in [0.4, 0.5) is 0 Å². The summed E-state index contributed by atoms with van der Waals surface area (Å²) in [5.41, 5.74) is 0. The number of carbonyl (C=O) groups excluding carboxylic acids is 3. The minimum Gasteiger partial charge on any atom is -0.340 e. The SMILES string of the molecule is CCC(=O)N1CCCC[C@H]1C(=O)N1CC(=O)N(C)[C@@H](C)C1. The van der Waals surface area contributed by atoms with Crippen molar-refractivity contribution in [2.24, 2.45) is 0 Å². The lowest BCUT2D eigenvalue weighted by atomic mass is 9.99. The lowest BCUT2D eigenvalue weighted by molar-refractivity contribution is -0.154. The molecular formula is C15H25N3O3. The normalized spacial score (nSPS) is 27.0. The van der Waals surface area contributed by atoms with E-state index in [2.05, 4.69) is 0 Å². The number of hydrogen-bond acceptors (Lipinski definition) is 3. The van der Waals surface area contributed by atoms with Crippen molar-refractivity contribution in [2.75, 3.05) is 26.7 Å². The number of likely N-dealkylation sites (N-methyl/N-ethyl adjacent to an activating group) is 1. The highest BCUT2D eigenvalue weighted by atomic mass is 16.2. The largest absolute Gasteiger partial charge is 0.340 e. The highest BCUT2D eigenvalue weighted by Crippen LogP contribution is 2.21. The fraction of sp³-hybridized carbons (Fsp3) is 0.800. The van der Waals surface area contributed by atoms with Gasteiger partial charge in [0.2, 0.25) is 17.7 Å². The second-order valence-electron chi connectivity index (χ2n) is 6.02. The van der Waals surface area contributed by atoms with Crippen molar-refractivity contribution in [2.45, 2.75) is 51.6 Å². The third kappa shape index (κ3) is 3.19. The molecule has 6 heteroatoms. The Bertz CT molecular complexity index is 438. The van der Waals surface area contributed by atoms with Gasteiger partial charge in [0.25, 0.3) is 0 Å². The summed E-state index contributed by atoms with van der Waals surface area (Å²) >= 11 is 0. The van der Waals surface area contributed by atoms with Gasteiger partial charge in [-0.15, -0.1) is 0 Å². The Kier molecular flexibility index (Phi) is 4.85. The molecule has 0 radical (unpaired) electrons. The van der Waals surface area contributed by atoms with E-state index in [4.69, 9.17) is 0 Å². The molecule has 0 bridgehead atoms. The molecule has 0 aromatic heterocycles. The average Bonchev–Trinajstić information content (AvgIpc) is 2.50. The molecule has 2 fully saturated rings. The highest BCUT2D eigenvalue weighted by Gasteiger charge is 2.37. The van der Waals surface area contributed by atoms with Gasteiger partial charge in [-0.2, -0.15) is 0 Å². The monoisotopic (exact) mass is 295 g/mol. The second-order valence-corrected chi connectivity index (χ2v) is 6.02. The number of piperazine rings is 1. The average molecular weight is 295 g/mol. The first-order valence-electron chi connectivity index (χ1n) is 7.79. The molecule has 2 heterocycles. The molecule has 2 aliphatic heterocycles. The Morgan fingerprint density at radius 3 is 2.62 bits per heavy atom. The van der Waals surface area contributed by atoms with E-state index in [1.807, 2.05) is 13.8 Å². The van der Waals surface area contributed by atoms with E-state index in [0.29, 0.717) is 25.9 Å². The standard InChI is InChI=1S/C15H25N3O3/c1-4-13(19)18-8-6-5-7-12(18)15(21)17-9-11(2)16(3)14(20)10-17/h11-12H,4-10H2,1-3H3/t11-,12-/m0/s1. The zero-order valence-electron chi connectivity index (χ0n) is 13.2. The Hall–Kier alpha value is -1.59. The van der Waals surface area contributed by atoms with Gasteiger partial charge < -0.3 is 14.7 Å². The van der Waals surface area contributed by atoms with Crippen molar-refractivity contribution in [1.29, 1.82) is 0 Å². The number of rotatable bonds is 2. The topological polar surface area (TPSA) is 60.9 Å². The van der Waals surface area contributed by atoms with E-state index in [-0.39, 0.29) is 36.3 Å². The third-order valence-corrected chi connectivity index (χ3v) is 4.59. The van der Waals surface area contributed by atoms with Gasteiger partial charge in [-0.1, -0.05) is 6.92 Å². The van der Waals surface area contributed by atoms with Gasteiger partial charge in [-0.05, 0) is 26.2 Å². The fourth-order valence-electron chi connectivity index (χ4n) is 3.10. The third-order valence-electron chi connectivity index (χ3n) is 4.59. The predicted molar refractivity (Wildman–Crippen MR) is 78.5 cm³/mol. The van der Waals surface area contributed by atoms with E-state index in [9.17, 15) is 14.4 Å². The molecule has 0 aromatic rings. The van der Waals surface area contributed by atoms with Gasteiger partial charge >= 0.3 is 0 Å². The molecule has 21 heavy (non-hydrogen) atoms. The van der Waals surface area contributed by atoms with Crippen LogP contribution in [-0.4, -0.2) is 71.2 Å². The molecular weight excluding hydrogens is 270 g/mol. The molecule has 0 spiro atoms. The van der Waals surface area contributed by atoms with Crippen LogP contribution in [0, 0.1) is 0 Å². The van der Waals surface area contributed by atoms with Crippen LogP contribution >= 0.6 is 0 Å². The van der Waals surface area contributed by atoms with Crippen LogP contribution in [0.15, 0.2) is 0 Å². The zero-order chi connectivity index (χ0) is 15.6. The van der Waals surface area contributed by atoms with Gasteiger partial charge in [0, 0.05) is 32.6 Å². The summed E-state index contributed by atoms with van der Waals surface area (Å²) in [6.45, 7) is 5.09. The number of amides is 3. The number of piperidine rings is 1. The predicted octanol–water partition coefficient (Wildman–Crippen LogP) is 0.467. The molecule has 0 aromatic carbocycles. The van der Waals surface area contributed by atoms with E-state index in [1.165, 1.54) is 0 Å². The smallest absolute Gasteiger partial charge is 0.245 e. The first-order valence-corrected chi connectivity index (χ1v) is 7.79. The quantitative estimate of drug-likeness (QED) is 0.744. The van der Waals surface area contributed by atoms with Crippen LogP contribution in [0.3, 0.4) is 0 Å². The van der Waals surface area contributed by atoms with Crippen LogP contribution in [0.1, 0.15) is 39.5 Å². The lowest BCUT2D eigenvalue weighted by Gasteiger charge is -2.42. The minimum atomic E-state index is -0.380. The fourth-order valence-corrected chi connectivity index (χ4v) is 3.10. The summed E-state index contributed by atoms with van der Waals surface area (Å²) < 4.78 is 0.